The number of nitrogens with one attached hydrogen (secondary N) is 1. The molecule has 0 spiro atoms. The van der Waals surface area contributed by atoms with Gasteiger partial charge in [0.1, 0.15) is 0 Å². The Morgan fingerprint density at radius 2 is 2.07 bits per heavy atom. The van der Waals surface area contributed by atoms with Crippen LogP contribution in [0.25, 0.3) is 0 Å². The van der Waals surface area contributed by atoms with Gasteiger partial charge in [0.25, 0.3) is 0 Å². The molecule has 0 aromatic carbocycles. The van der Waals surface area contributed by atoms with Crippen LogP contribution in [0, 0.1) is 5.41 Å². The predicted octanol–water partition coefficient (Wildman–Crippen LogP) is 1.77. The minimum Gasteiger partial charge on any atom is -0.351 e. The van der Waals surface area contributed by atoms with E-state index in [2.05, 4.69) is 27.8 Å². The van der Waals surface area contributed by atoms with Crippen LogP contribution in [0.3, 0.4) is 0 Å². The van der Waals surface area contributed by atoms with Gasteiger partial charge >= 0.3 is 0 Å². The highest BCUT2D eigenvalue weighted by Crippen LogP contribution is 2.19. The summed E-state index contributed by atoms with van der Waals surface area (Å²) in [7, 11) is 0. The summed E-state index contributed by atoms with van der Waals surface area (Å²) < 4.78 is 0.759. The standard InChI is InChI=1S/C10H19BrN2O/c1-7(11)6-13-9(14)5-8(12)10(2,3)4/h8H,1,5-6,12H2,2-4H3,(H,13,14). The van der Waals surface area contributed by atoms with Gasteiger partial charge in [-0.05, 0) is 5.41 Å². The largest absolute Gasteiger partial charge is 0.351 e. The molecule has 82 valence electrons. The summed E-state index contributed by atoms with van der Waals surface area (Å²) in [6, 6.07) is -0.119. The third kappa shape index (κ3) is 6.16. The maximum Gasteiger partial charge on any atom is 0.221 e. The van der Waals surface area contributed by atoms with Gasteiger partial charge in [-0.1, -0.05) is 43.3 Å². The van der Waals surface area contributed by atoms with Crippen LogP contribution >= 0.6 is 15.9 Å². The van der Waals surface area contributed by atoms with Crippen molar-refractivity contribution in [1.82, 2.24) is 5.32 Å². The Morgan fingerprint density at radius 1 is 1.57 bits per heavy atom. The van der Waals surface area contributed by atoms with Crippen molar-refractivity contribution >= 4 is 21.8 Å². The van der Waals surface area contributed by atoms with Crippen molar-refractivity contribution in [1.29, 1.82) is 0 Å². The van der Waals surface area contributed by atoms with Gasteiger partial charge in [-0.15, -0.1) is 0 Å². The summed E-state index contributed by atoms with van der Waals surface area (Å²) in [5.41, 5.74) is 5.82. The fourth-order valence-electron chi connectivity index (χ4n) is 0.773. The molecule has 4 heteroatoms. The molecule has 1 atom stereocenters. The zero-order valence-electron chi connectivity index (χ0n) is 9.06. The fourth-order valence-corrected chi connectivity index (χ4v) is 0.913. The van der Waals surface area contributed by atoms with Crippen LogP contribution in [0.15, 0.2) is 11.1 Å². The summed E-state index contributed by atoms with van der Waals surface area (Å²) in [4.78, 5) is 11.4. The lowest BCUT2D eigenvalue weighted by Gasteiger charge is -2.26. The Balaban J connectivity index is 3.89. The maximum absolute atomic E-state index is 11.4. The molecule has 0 heterocycles. The van der Waals surface area contributed by atoms with Gasteiger partial charge in [-0.2, -0.15) is 0 Å². The number of nitrogens with two attached hydrogens (primary N) is 1. The molecule has 0 aromatic rings. The van der Waals surface area contributed by atoms with Crippen LogP contribution in [-0.4, -0.2) is 18.5 Å². The van der Waals surface area contributed by atoms with Crippen LogP contribution in [-0.2, 0) is 4.79 Å². The number of hydrogen-bond acceptors (Lipinski definition) is 2. The van der Waals surface area contributed by atoms with Gasteiger partial charge < -0.3 is 11.1 Å². The molecular formula is C10H19BrN2O. The molecule has 3 N–H and O–H groups in total. The lowest BCUT2D eigenvalue weighted by Crippen LogP contribution is -2.40. The van der Waals surface area contributed by atoms with E-state index in [4.69, 9.17) is 5.73 Å². The van der Waals surface area contributed by atoms with E-state index in [0.29, 0.717) is 13.0 Å². The summed E-state index contributed by atoms with van der Waals surface area (Å²) >= 11 is 3.17. The van der Waals surface area contributed by atoms with E-state index in [-0.39, 0.29) is 17.4 Å². The normalized spacial score (nSPS) is 13.5. The second-order valence-electron chi connectivity index (χ2n) is 4.47. The van der Waals surface area contributed by atoms with E-state index in [1.807, 2.05) is 20.8 Å². The lowest BCUT2D eigenvalue weighted by atomic mass is 9.85. The predicted molar refractivity (Wildman–Crippen MR) is 63.1 cm³/mol. The molecule has 0 aliphatic carbocycles. The number of hydrogen-bond donors (Lipinski definition) is 2. The Kier molecular flexibility index (Phi) is 5.37. The molecule has 0 saturated heterocycles. The third-order valence-corrected chi connectivity index (χ3v) is 2.28. The molecule has 14 heavy (non-hydrogen) atoms. The minimum absolute atomic E-state index is 0.0342. The second kappa shape index (κ2) is 5.51. The molecule has 3 nitrogen and oxygen atoms in total. The highest BCUT2D eigenvalue weighted by Gasteiger charge is 2.22. The molecule has 0 aromatic heterocycles. The zero-order chi connectivity index (χ0) is 11.4. The quantitative estimate of drug-likeness (QED) is 0.812. The van der Waals surface area contributed by atoms with E-state index in [9.17, 15) is 4.79 Å². The minimum atomic E-state index is -0.119. The van der Waals surface area contributed by atoms with E-state index in [1.54, 1.807) is 0 Å². The SMILES string of the molecule is C=C(Br)CNC(=O)CC(N)C(C)(C)C. The van der Waals surface area contributed by atoms with Crippen LogP contribution in [0.5, 0.6) is 0 Å². The molecule has 0 rings (SSSR count). The summed E-state index contributed by atoms with van der Waals surface area (Å²) in [5, 5.41) is 2.72. The first-order valence-corrected chi connectivity index (χ1v) is 5.38. The van der Waals surface area contributed by atoms with Crippen LogP contribution in [0.2, 0.25) is 0 Å². The lowest BCUT2D eigenvalue weighted by molar-refractivity contribution is -0.121. The van der Waals surface area contributed by atoms with Gasteiger partial charge in [-0.3, -0.25) is 4.79 Å². The van der Waals surface area contributed by atoms with Crippen molar-refractivity contribution in [3.05, 3.63) is 11.1 Å². The average Bonchev–Trinajstić information content (AvgIpc) is 1.99. The highest BCUT2D eigenvalue weighted by molar-refractivity contribution is 9.11. The Hall–Kier alpha value is -0.350. The smallest absolute Gasteiger partial charge is 0.221 e. The van der Waals surface area contributed by atoms with Gasteiger partial charge in [0.05, 0.1) is 0 Å². The molecule has 0 fully saturated rings. The van der Waals surface area contributed by atoms with Crippen molar-refractivity contribution in [2.75, 3.05) is 6.54 Å². The first kappa shape index (κ1) is 13.7. The van der Waals surface area contributed by atoms with E-state index in [1.165, 1.54) is 0 Å². The van der Waals surface area contributed by atoms with Crippen molar-refractivity contribution in [3.8, 4) is 0 Å². The monoisotopic (exact) mass is 262 g/mol. The summed E-state index contributed by atoms with van der Waals surface area (Å²) in [6.45, 7) is 10.1. The fraction of sp³-hybridized carbons (Fsp3) is 0.700. The van der Waals surface area contributed by atoms with Gasteiger partial charge in [0.2, 0.25) is 5.91 Å². The molecule has 0 bridgehead atoms. The van der Waals surface area contributed by atoms with E-state index < -0.39 is 0 Å². The summed E-state index contributed by atoms with van der Waals surface area (Å²) in [5.74, 6) is -0.0342. The Labute approximate surface area is 94.3 Å². The molecule has 1 amide bonds. The zero-order valence-corrected chi connectivity index (χ0v) is 10.6. The number of carbonyl (C=O) groups is 1. The topological polar surface area (TPSA) is 55.1 Å². The number of amides is 1. The number of rotatable bonds is 4. The molecule has 0 aliphatic rings. The van der Waals surface area contributed by atoms with Crippen LogP contribution in [0.1, 0.15) is 27.2 Å². The molecular weight excluding hydrogens is 244 g/mol. The van der Waals surface area contributed by atoms with Crippen molar-refractivity contribution < 1.29 is 4.79 Å². The summed E-state index contributed by atoms with van der Waals surface area (Å²) in [6.07, 6.45) is 0.351. The first-order chi connectivity index (χ1) is 6.23. The molecule has 1 unspecified atom stereocenters. The second-order valence-corrected chi connectivity index (χ2v) is 5.59. The van der Waals surface area contributed by atoms with Crippen LogP contribution < -0.4 is 11.1 Å². The van der Waals surface area contributed by atoms with Gasteiger partial charge in [-0.25, -0.2) is 0 Å². The maximum atomic E-state index is 11.4. The molecule has 0 aliphatic heterocycles. The Morgan fingerprint density at radius 3 is 2.43 bits per heavy atom. The molecule has 0 saturated carbocycles. The van der Waals surface area contributed by atoms with Gasteiger partial charge in [0, 0.05) is 23.5 Å². The third-order valence-electron chi connectivity index (χ3n) is 2.00. The molecule has 0 radical (unpaired) electrons. The van der Waals surface area contributed by atoms with E-state index in [0.717, 1.165) is 4.48 Å². The highest BCUT2D eigenvalue weighted by atomic mass is 79.9. The van der Waals surface area contributed by atoms with Crippen molar-refractivity contribution in [2.24, 2.45) is 11.1 Å². The Bertz CT molecular complexity index is 221. The average molecular weight is 263 g/mol. The van der Waals surface area contributed by atoms with Crippen LogP contribution in [0.4, 0.5) is 0 Å². The van der Waals surface area contributed by atoms with Gasteiger partial charge in [0.15, 0.2) is 0 Å². The number of halogens is 1. The number of carbonyl (C=O) groups excluding carboxylic acids is 1. The van der Waals surface area contributed by atoms with Crippen molar-refractivity contribution in [2.45, 2.75) is 33.2 Å². The first-order valence-electron chi connectivity index (χ1n) is 4.59. The van der Waals surface area contributed by atoms with Crippen molar-refractivity contribution in [3.63, 3.8) is 0 Å². The van der Waals surface area contributed by atoms with E-state index >= 15 is 0 Å².